The van der Waals surface area contributed by atoms with Gasteiger partial charge in [-0.05, 0) is 12.8 Å². The summed E-state index contributed by atoms with van der Waals surface area (Å²) >= 11 is 0. The van der Waals surface area contributed by atoms with Crippen LogP contribution in [0.1, 0.15) is 38.5 Å². The number of hydrogen-bond acceptors (Lipinski definition) is 4. The Balaban J connectivity index is 2.19. The van der Waals surface area contributed by atoms with Crippen LogP contribution in [0, 0.1) is 11.3 Å². The molecule has 96 valence electrons. The number of hydrogen-bond donors (Lipinski definition) is 2. The van der Waals surface area contributed by atoms with E-state index in [4.69, 9.17) is 15.7 Å². The van der Waals surface area contributed by atoms with Crippen LogP contribution in [0.3, 0.4) is 0 Å². The maximum absolute atomic E-state index is 11.4. The van der Waals surface area contributed by atoms with Crippen molar-refractivity contribution in [3.63, 3.8) is 0 Å². The molecule has 1 fully saturated rings. The van der Waals surface area contributed by atoms with Crippen molar-refractivity contribution in [2.24, 2.45) is 5.73 Å². The minimum absolute atomic E-state index is 0.000725. The fourth-order valence-electron chi connectivity index (χ4n) is 2.00. The Kier molecular flexibility index (Phi) is 6.60. The first-order valence-electron chi connectivity index (χ1n) is 6.25. The molecule has 0 aromatic rings. The lowest BCUT2D eigenvalue weighted by Gasteiger charge is -2.21. The SMILES string of the molecule is N#CCCNC(=O)COC1CCCCCC1N. The van der Waals surface area contributed by atoms with Gasteiger partial charge in [0.2, 0.25) is 5.91 Å². The van der Waals surface area contributed by atoms with Crippen LogP contribution >= 0.6 is 0 Å². The predicted molar refractivity (Wildman–Crippen MR) is 64.0 cm³/mol. The van der Waals surface area contributed by atoms with Gasteiger partial charge >= 0.3 is 0 Å². The molecule has 2 unspecified atom stereocenters. The first-order chi connectivity index (χ1) is 8.24. The average Bonchev–Trinajstić information content (AvgIpc) is 2.52. The van der Waals surface area contributed by atoms with Crippen LogP contribution in [0.15, 0.2) is 0 Å². The molecule has 1 amide bonds. The van der Waals surface area contributed by atoms with E-state index in [0.29, 0.717) is 13.0 Å². The van der Waals surface area contributed by atoms with Crippen LogP contribution in [0.2, 0.25) is 0 Å². The van der Waals surface area contributed by atoms with Crippen molar-refractivity contribution in [3.05, 3.63) is 0 Å². The second kappa shape index (κ2) is 8.04. The highest BCUT2D eigenvalue weighted by atomic mass is 16.5. The molecule has 0 bridgehead atoms. The summed E-state index contributed by atoms with van der Waals surface area (Å²) in [5, 5.41) is 11.0. The fourth-order valence-corrected chi connectivity index (χ4v) is 2.00. The van der Waals surface area contributed by atoms with Crippen LogP contribution in [0.5, 0.6) is 0 Å². The molecule has 0 radical (unpaired) electrons. The molecule has 0 aromatic carbocycles. The Morgan fingerprint density at radius 3 is 2.94 bits per heavy atom. The van der Waals surface area contributed by atoms with Crippen molar-refractivity contribution in [1.82, 2.24) is 5.32 Å². The third-order valence-corrected chi connectivity index (χ3v) is 2.99. The lowest BCUT2D eigenvalue weighted by Crippen LogP contribution is -2.38. The van der Waals surface area contributed by atoms with Gasteiger partial charge in [-0.1, -0.05) is 19.3 Å². The molecule has 0 saturated heterocycles. The predicted octanol–water partition coefficient (Wildman–Crippen LogP) is 0.693. The molecule has 17 heavy (non-hydrogen) atoms. The maximum Gasteiger partial charge on any atom is 0.246 e. The summed E-state index contributed by atoms with van der Waals surface area (Å²) < 4.78 is 5.55. The van der Waals surface area contributed by atoms with Gasteiger partial charge in [0.1, 0.15) is 6.61 Å². The largest absolute Gasteiger partial charge is 0.367 e. The zero-order valence-corrected chi connectivity index (χ0v) is 10.2. The number of nitrogens with zero attached hydrogens (tertiary/aromatic N) is 1. The molecule has 5 heteroatoms. The molecule has 1 aliphatic rings. The molecular formula is C12H21N3O2. The van der Waals surface area contributed by atoms with Gasteiger partial charge in [0.05, 0.1) is 18.6 Å². The summed E-state index contributed by atoms with van der Waals surface area (Å²) in [5.74, 6) is -0.170. The Labute approximate surface area is 102 Å². The highest BCUT2D eigenvalue weighted by Crippen LogP contribution is 2.18. The first kappa shape index (κ1) is 13.9. The van der Waals surface area contributed by atoms with Gasteiger partial charge in [0.15, 0.2) is 0 Å². The molecule has 1 saturated carbocycles. The number of amides is 1. The highest BCUT2D eigenvalue weighted by Gasteiger charge is 2.21. The number of nitriles is 1. The van der Waals surface area contributed by atoms with E-state index in [9.17, 15) is 4.79 Å². The Morgan fingerprint density at radius 1 is 1.41 bits per heavy atom. The Hall–Kier alpha value is -1.12. The van der Waals surface area contributed by atoms with Crippen molar-refractivity contribution in [2.75, 3.05) is 13.2 Å². The smallest absolute Gasteiger partial charge is 0.246 e. The summed E-state index contributed by atoms with van der Waals surface area (Å²) in [5.41, 5.74) is 5.99. The van der Waals surface area contributed by atoms with E-state index in [0.717, 1.165) is 25.7 Å². The van der Waals surface area contributed by atoms with E-state index in [1.807, 2.05) is 6.07 Å². The zero-order chi connectivity index (χ0) is 12.5. The van der Waals surface area contributed by atoms with E-state index in [1.54, 1.807) is 0 Å². The molecule has 0 spiro atoms. The molecule has 0 aliphatic heterocycles. The summed E-state index contributed by atoms with van der Waals surface area (Å²) in [6.45, 7) is 0.430. The molecule has 2 atom stereocenters. The molecule has 3 N–H and O–H groups in total. The minimum Gasteiger partial charge on any atom is -0.367 e. The lowest BCUT2D eigenvalue weighted by atomic mass is 10.1. The fraction of sp³-hybridized carbons (Fsp3) is 0.833. The monoisotopic (exact) mass is 239 g/mol. The first-order valence-corrected chi connectivity index (χ1v) is 6.25. The second-order valence-electron chi connectivity index (χ2n) is 4.41. The quantitative estimate of drug-likeness (QED) is 0.546. The Bertz CT molecular complexity index is 275. The third kappa shape index (κ3) is 5.66. The minimum atomic E-state index is -0.170. The van der Waals surface area contributed by atoms with E-state index in [-0.39, 0.29) is 24.7 Å². The third-order valence-electron chi connectivity index (χ3n) is 2.99. The second-order valence-corrected chi connectivity index (χ2v) is 4.41. The van der Waals surface area contributed by atoms with Crippen molar-refractivity contribution in [2.45, 2.75) is 50.7 Å². The number of nitrogens with two attached hydrogens (primary N) is 1. The number of carbonyl (C=O) groups is 1. The van der Waals surface area contributed by atoms with E-state index in [2.05, 4.69) is 5.32 Å². The van der Waals surface area contributed by atoms with Gasteiger partial charge in [0.25, 0.3) is 0 Å². The summed E-state index contributed by atoms with van der Waals surface area (Å²) in [6.07, 6.45) is 5.70. The average molecular weight is 239 g/mol. The molecular weight excluding hydrogens is 218 g/mol. The van der Waals surface area contributed by atoms with Gasteiger partial charge in [-0.15, -0.1) is 0 Å². The van der Waals surface area contributed by atoms with Crippen LogP contribution in [-0.2, 0) is 9.53 Å². The Morgan fingerprint density at radius 2 is 2.18 bits per heavy atom. The van der Waals surface area contributed by atoms with Gasteiger partial charge in [-0.2, -0.15) is 5.26 Å². The zero-order valence-electron chi connectivity index (χ0n) is 10.2. The normalized spacial score (nSPS) is 24.7. The van der Waals surface area contributed by atoms with Crippen LogP contribution in [-0.4, -0.2) is 31.2 Å². The standard InChI is InChI=1S/C12H21N3O2/c13-7-4-8-15-12(16)9-17-11-6-3-1-2-5-10(11)14/h10-11H,1-6,8-9,14H2,(H,15,16). The van der Waals surface area contributed by atoms with Crippen molar-refractivity contribution in [1.29, 1.82) is 5.26 Å². The number of carbonyl (C=O) groups excluding carboxylic acids is 1. The van der Waals surface area contributed by atoms with Crippen molar-refractivity contribution >= 4 is 5.91 Å². The molecule has 0 heterocycles. The van der Waals surface area contributed by atoms with Crippen LogP contribution < -0.4 is 11.1 Å². The molecule has 1 rings (SSSR count). The van der Waals surface area contributed by atoms with E-state index >= 15 is 0 Å². The number of ether oxygens (including phenoxy) is 1. The molecule has 0 aromatic heterocycles. The van der Waals surface area contributed by atoms with E-state index < -0.39 is 0 Å². The van der Waals surface area contributed by atoms with Crippen LogP contribution in [0.4, 0.5) is 0 Å². The summed E-state index contributed by atoms with van der Waals surface area (Å²) in [4.78, 5) is 11.4. The van der Waals surface area contributed by atoms with Gasteiger partial charge in [-0.25, -0.2) is 0 Å². The number of rotatable bonds is 5. The van der Waals surface area contributed by atoms with E-state index in [1.165, 1.54) is 6.42 Å². The van der Waals surface area contributed by atoms with Crippen molar-refractivity contribution in [3.8, 4) is 6.07 Å². The summed E-state index contributed by atoms with van der Waals surface area (Å²) in [6, 6.07) is 2.01. The maximum atomic E-state index is 11.4. The lowest BCUT2D eigenvalue weighted by molar-refractivity contribution is -0.128. The topological polar surface area (TPSA) is 88.1 Å². The molecule has 5 nitrogen and oxygen atoms in total. The van der Waals surface area contributed by atoms with Crippen LogP contribution in [0.25, 0.3) is 0 Å². The van der Waals surface area contributed by atoms with Gasteiger partial charge in [-0.3, -0.25) is 4.79 Å². The highest BCUT2D eigenvalue weighted by molar-refractivity contribution is 5.77. The number of nitrogens with one attached hydrogen (secondary N) is 1. The molecule has 1 aliphatic carbocycles. The summed E-state index contributed by atoms with van der Waals surface area (Å²) in [7, 11) is 0. The van der Waals surface area contributed by atoms with Gasteiger partial charge in [0, 0.05) is 12.6 Å². The van der Waals surface area contributed by atoms with Crippen molar-refractivity contribution < 1.29 is 9.53 Å². The van der Waals surface area contributed by atoms with Gasteiger partial charge < -0.3 is 15.8 Å².